The second kappa shape index (κ2) is 8.70. The molecule has 1 saturated carbocycles. The number of carbonyl (C=O) groups is 1. The van der Waals surface area contributed by atoms with E-state index >= 15 is 0 Å². The van der Waals surface area contributed by atoms with Gasteiger partial charge < -0.3 is 16.4 Å². The van der Waals surface area contributed by atoms with Gasteiger partial charge in [0.1, 0.15) is 10.7 Å². The van der Waals surface area contributed by atoms with Crippen LogP contribution in [0.2, 0.25) is 5.02 Å². The fourth-order valence-corrected chi connectivity index (χ4v) is 2.72. The van der Waals surface area contributed by atoms with Gasteiger partial charge >= 0.3 is 0 Å². The highest BCUT2D eigenvalue weighted by molar-refractivity contribution is 7.09. The molecule has 0 spiro atoms. The van der Waals surface area contributed by atoms with Crippen LogP contribution in [0, 0.1) is 0 Å². The number of thiazole rings is 1. The SMILES string of the molecule is Cl.Cl.NCc1nc(C(=O)Nc2cc(Cl)ccc2NC2CC2)cs1. The van der Waals surface area contributed by atoms with Crippen molar-refractivity contribution in [3.05, 3.63) is 39.3 Å². The predicted octanol–water partition coefficient (Wildman–Crippen LogP) is 3.93. The lowest BCUT2D eigenvalue weighted by Gasteiger charge is -2.12. The van der Waals surface area contributed by atoms with E-state index in [0.717, 1.165) is 23.5 Å². The van der Waals surface area contributed by atoms with E-state index in [2.05, 4.69) is 15.6 Å². The number of rotatable bonds is 5. The Balaban J connectivity index is 0.00000132. The van der Waals surface area contributed by atoms with Crippen molar-refractivity contribution in [1.29, 1.82) is 0 Å². The lowest BCUT2D eigenvalue weighted by atomic mass is 10.2. The van der Waals surface area contributed by atoms with Gasteiger partial charge in [-0.2, -0.15) is 0 Å². The molecular formula is C14H17Cl3N4OS. The molecule has 0 atom stereocenters. The summed E-state index contributed by atoms with van der Waals surface area (Å²) >= 11 is 7.39. The van der Waals surface area contributed by atoms with Gasteiger partial charge in [0.05, 0.1) is 11.4 Å². The zero-order valence-electron chi connectivity index (χ0n) is 12.0. The summed E-state index contributed by atoms with van der Waals surface area (Å²) in [5, 5.41) is 9.25. The first-order valence-corrected chi connectivity index (χ1v) is 7.93. The molecule has 1 amide bonds. The highest BCUT2D eigenvalue weighted by Gasteiger charge is 2.22. The second-order valence-electron chi connectivity index (χ2n) is 4.89. The maximum atomic E-state index is 12.2. The smallest absolute Gasteiger partial charge is 0.275 e. The van der Waals surface area contributed by atoms with E-state index in [4.69, 9.17) is 17.3 Å². The molecule has 1 fully saturated rings. The van der Waals surface area contributed by atoms with Crippen molar-refractivity contribution >= 4 is 65.0 Å². The maximum absolute atomic E-state index is 12.2. The van der Waals surface area contributed by atoms with Crippen molar-refractivity contribution in [3.63, 3.8) is 0 Å². The van der Waals surface area contributed by atoms with Crippen LogP contribution in [0.1, 0.15) is 28.3 Å². The van der Waals surface area contributed by atoms with Crippen LogP contribution >= 0.6 is 47.8 Å². The number of carbonyl (C=O) groups excluding carboxylic acids is 1. The van der Waals surface area contributed by atoms with Crippen LogP contribution in [0.5, 0.6) is 0 Å². The topological polar surface area (TPSA) is 80.0 Å². The molecule has 1 aromatic carbocycles. The molecule has 23 heavy (non-hydrogen) atoms. The highest BCUT2D eigenvalue weighted by Crippen LogP contribution is 2.31. The van der Waals surface area contributed by atoms with Gasteiger partial charge in [0.2, 0.25) is 0 Å². The Bertz CT molecular complexity index is 676. The molecule has 0 bridgehead atoms. The van der Waals surface area contributed by atoms with E-state index in [1.165, 1.54) is 11.3 Å². The number of nitrogens with one attached hydrogen (secondary N) is 2. The first kappa shape index (κ1) is 20.0. The Morgan fingerprint density at radius 1 is 1.35 bits per heavy atom. The number of amides is 1. The standard InChI is InChI=1S/C14H15ClN4OS.2ClH/c15-8-1-4-10(17-9-2-3-9)11(5-8)19-14(20)12-7-21-13(6-16)18-12;;/h1,4-5,7,9,17H,2-3,6,16H2,(H,19,20);2*1H. The van der Waals surface area contributed by atoms with Gasteiger partial charge in [0.25, 0.3) is 5.91 Å². The minimum Gasteiger partial charge on any atom is -0.381 e. The van der Waals surface area contributed by atoms with Crippen LogP contribution in [-0.2, 0) is 6.54 Å². The number of nitrogens with two attached hydrogens (primary N) is 1. The summed E-state index contributed by atoms with van der Waals surface area (Å²) in [4.78, 5) is 16.4. The Hall–Kier alpha value is -1.05. The van der Waals surface area contributed by atoms with Gasteiger partial charge in [-0.15, -0.1) is 36.2 Å². The zero-order valence-corrected chi connectivity index (χ0v) is 15.2. The Kier molecular flexibility index (Phi) is 7.57. The Morgan fingerprint density at radius 3 is 2.70 bits per heavy atom. The monoisotopic (exact) mass is 394 g/mol. The molecule has 9 heteroatoms. The Morgan fingerprint density at radius 2 is 2.09 bits per heavy atom. The molecule has 1 aliphatic rings. The number of hydrogen-bond donors (Lipinski definition) is 3. The number of benzene rings is 1. The number of aromatic nitrogens is 1. The van der Waals surface area contributed by atoms with Crippen molar-refractivity contribution in [2.45, 2.75) is 25.4 Å². The van der Waals surface area contributed by atoms with E-state index in [1.807, 2.05) is 6.07 Å². The third-order valence-corrected chi connectivity index (χ3v) is 4.23. The van der Waals surface area contributed by atoms with Gasteiger partial charge in [-0.3, -0.25) is 4.79 Å². The van der Waals surface area contributed by atoms with Crippen LogP contribution in [-0.4, -0.2) is 16.9 Å². The minimum atomic E-state index is -0.257. The third-order valence-electron chi connectivity index (χ3n) is 3.13. The van der Waals surface area contributed by atoms with Crippen molar-refractivity contribution in [3.8, 4) is 0 Å². The fourth-order valence-electron chi connectivity index (χ4n) is 1.89. The third kappa shape index (κ3) is 5.22. The van der Waals surface area contributed by atoms with E-state index < -0.39 is 0 Å². The molecule has 0 saturated heterocycles. The average molecular weight is 396 g/mol. The average Bonchev–Trinajstić information content (AvgIpc) is 3.15. The van der Waals surface area contributed by atoms with Crippen molar-refractivity contribution in [2.24, 2.45) is 5.73 Å². The number of hydrogen-bond acceptors (Lipinski definition) is 5. The maximum Gasteiger partial charge on any atom is 0.275 e. The van der Waals surface area contributed by atoms with Gasteiger partial charge in [-0.1, -0.05) is 11.6 Å². The quantitative estimate of drug-likeness (QED) is 0.716. The molecule has 3 rings (SSSR count). The summed E-state index contributed by atoms with van der Waals surface area (Å²) < 4.78 is 0. The Labute approximate surface area is 155 Å². The normalized spacial score (nSPS) is 12.8. The number of halogens is 3. The molecule has 126 valence electrons. The van der Waals surface area contributed by atoms with E-state index in [0.29, 0.717) is 29.0 Å². The van der Waals surface area contributed by atoms with Crippen molar-refractivity contribution in [1.82, 2.24) is 4.98 Å². The van der Waals surface area contributed by atoms with Crippen LogP contribution < -0.4 is 16.4 Å². The van der Waals surface area contributed by atoms with Gasteiger partial charge in [0, 0.05) is 23.0 Å². The zero-order chi connectivity index (χ0) is 14.8. The van der Waals surface area contributed by atoms with E-state index in [-0.39, 0.29) is 30.7 Å². The van der Waals surface area contributed by atoms with E-state index in [1.54, 1.807) is 17.5 Å². The summed E-state index contributed by atoms with van der Waals surface area (Å²) in [6.07, 6.45) is 2.31. The summed E-state index contributed by atoms with van der Waals surface area (Å²) in [6, 6.07) is 5.91. The summed E-state index contributed by atoms with van der Waals surface area (Å²) in [5.74, 6) is -0.257. The van der Waals surface area contributed by atoms with Crippen LogP contribution in [0.15, 0.2) is 23.6 Å². The summed E-state index contributed by atoms with van der Waals surface area (Å²) in [7, 11) is 0. The van der Waals surface area contributed by atoms with Crippen molar-refractivity contribution < 1.29 is 4.79 Å². The van der Waals surface area contributed by atoms with Gasteiger partial charge in [0.15, 0.2) is 0 Å². The first-order valence-electron chi connectivity index (χ1n) is 6.67. The number of anilines is 2. The van der Waals surface area contributed by atoms with Crippen LogP contribution in [0.25, 0.3) is 0 Å². The lowest BCUT2D eigenvalue weighted by Crippen LogP contribution is -2.15. The molecule has 1 heterocycles. The van der Waals surface area contributed by atoms with Crippen LogP contribution in [0.4, 0.5) is 11.4 Å². The second-order valence-corrected chi connectivity index (χ2v) is 6.27. The van der Waals surface area contributed by atoms with E-state index in [9.17, 15) is 4.79 Å². The molecule has 5 nitrogen and oxygen atoms in total. The highest BCUT2D eigenvalue weighted by atomic mass is 35.5. The van der Waals surface area contributed by atoms with Crippen molar-refractivity contribution in [2.75, 3.05) is 10.6 Å². The van der Waals surface area contributed by atoms with Crippen LogP contribution in [0.3, 0.4) is 0 Å². The lowest BCUT2D eigenvalue weighted by molar-refractivity contribution is 0.102. The molecule has 0 aliphatic heterocycles. The van der Waals surface area contributed by atoms with Gasteiger partial charge in [-0.25, -0.2) is 4.98 Å². The summed E-state index contributed by atoms with van der Waals surface area (Å²) in [5.41, 5.74) is 7.43. The molecular weight excluding hydrogens is 379 g/mol. The number of nitrogens with zero attached hydrogens (tertiary/aromatic N) is 1. The predicted molar refractivity (Wildman–Crippen MR) is 101 cm³/mol. The summed E-state index contributed by atoms with van der Waals surface area (Å²) in [6.45, 7) is 0.337. The molecule has 0 radical (unpaired) electrons. The minimum absolute atomic E-state index is 0. The molecule has 1 aliphatic carbocycles. The first-order chi connectivity index (χ1) is 10.2. The molecule has 4 N–H and O–H groups in total. The molecule has 1 aromatic heterocycles. The largest absolute Gasteiger partial charge is 0.381 e. The molecule has 0 unspecified atom stereocenters. The fraction of sp³-hybridized carbons (Fsp3) is 0.286. The van der Waals surface area contributed by atoms with Gasteiger partial charge in [-0.05, 0) is 31.0 Å². The molecule has 2 aromatic rings.